The predicted octanol–water partition coefficient (Wildman–Crippen LogP) is 5.33. The van der Waals surface area contributed by atoms with Crippen molar-refractivity contribution in [3.05, 3.63) is 74.7 Å². The van der Waals surface area contributed by atoms with Gasteiger partial charge in [-0.05, 0) is 49.5 Å². The van der Waals surface area contributed by atoms with E-state index in [4.69, 9.17) is 35.4 Å². The molecule has 1 aromatic heterocycles. The van der Waals surface area contributed by atoms with E-state index in [1.165, 1.54) is 0 Å². The summed E-state index contributed by atoms with van der Waals surface area (Å²) < 4.78 is 2.22. The number of benzene rings is 2. The van der Waals surface area contributed by atoms with Crippen LogP contribution in [0, 0.1) is 11.7 Å². The predicted molar refractivity (Wildman–Crippen MR) is 104 cm³/mol. The largest absolute Gasteiger partial charge is 0.337 e. The van der Waals surface area contributed by atoms with Crippen molar-refractivity contribution in [2.24, 2.45) is 0 Å². The summed E-state index contributed by atoms with van der Waals surface area (Å²) in [5.74, 6) is -0.139. The van der Waals surface area contributed by atoms with Gasteiger partial charge in [-0.1, -0.05) is 40.9 Å². The van der Waals surface area contributed by atoms with Crippen LogP contribution in [0.15, 0.2) is 48.7 Å². The number of hydrogen-bond donors (Lipinski definition) is 2. The number of amides is 1. The van der Waals surface area contributed by atoms with Crippen LogP contribution < -0.4 is 5.32 Å². The van der Waals surface area contributed by atoms with Crippen LogP contribution in [0.4, 0.5) is 5.69 Å². The lowest BCUT2D eigenvalue weighted by atomic mass is 10.2. The summed E-state index contributed by atoms with van der Waals surface area (Å²) in [4.78, 5) is 15.3. The molecule has 0 radical (unpaired) electrons. The van der Waals surface area contributed by atoms with Gasteiger partial charge >= 0.3 is 0 Å². The van der Waals surface area contributed by atoms with Crippen LogP contribution in [-0.4, -0.2) is 15.5 Å². The fourth-order valence-electron chi connectivity index (χ4n) is 2.49. The molecule has 128 valence electrons. The molecule has 0 atom stereocenters. The van der Waals surface area contributed by atoms with Crippen LogP contribution in [0.2, 0.25) is 10.0 Å². The Morgan fingerprint density at radius 2 is 1.80 bits per heavy atom. The van der Waals surface area contributed by atoms with Crippen LogP contribution in [0.5, 0.6) is 0 Å². The minimum Gasteiger partial charge on any atom is -0.337 e. The normalized spacial score (nSPS) is 10.7. The van der Waals surface area contributed by atoms with Crippen molar-refractivity contribution in [2.75, 3.05) is 5.32 Å². The molecule has 1 amide bonds. The van der Waals surface area contributed by atoms with Gasteiger partial charge in [-0.2, -0.15) is 0 Å². The molecule has 0 unspecified atom stereocenters. The monoisotopic (exact) mass is 391 g/mol. The van der Waals surface area contributed by atoms with Crippen molar-refractivity contribution in [3.63, 3.8) is 0 Å². The van der Waals surface area contributed by atoms with Crippen LogP contribution >= 0.6 is 35.4 Å². The van der Waals surface area contributed by atoms with E-state index in [1.807, 2.05) is 31.2 Å². The van der Waals surface area contributed by atoms with Crippen molar-refractivity contribution < 1.29 is 4.79 Å². The fraction of sp³-hybridized carbons (Fsp3) is 0.111. The summed E-state index contributed by atoms with van der Waals surface area (Å²) >= 11 is 17.5. The van der Waals surface area contributed by atoms with Crippen molar-refractivity contribution in [3.8, 4) is 5.69 Å². The minimum atomic E-state index is -0.139. The van der Waals surface area contributed by atoms with E-state index in [-0.39, 0.29) is 12.3 Å². The zero-order valence-corrected chi connectivity index (χ0v) is 15.7. The van der Waals surface area contributed by atoms with Gasteiger partial charge in [0.1, 0.15) is 0 Å². The quantitative estimate of drug-likeness (QED) is 0.590. The number of carbonyl (C=O) groups is 1. The molecular weight excluding hydrogens is 377 g/mol. The Labute approximate surface area is 160 Å². The summed E-state index contributed by atoms with van der Waals surface area (Å²) in [5, 5.41) is 3.88. The number of nitrogens with zero attached hydrogens (tertiary/aromatic N) is 1. The van der Waals surface area contributed by atoms with Crippen LogP contribution in [0.1, 0.15) is 11.3 Å². The van der Waals surface area contributed by atoms with E-state index >= 15 is 0 Å². The van der Waals surface area contributed by atoms with E-state index in [0.29, 0.717) is 26.2 Å². The molecule has 0 aliphatic carbocycles. The molecule has 4 nitrogen and oxygen atoms in total. The van der Waals surface area contributed by atoms with Gasteiger partial charge in [0.2, 0.25) is 5.91 Å². The molecule has 2 N–H and O–H groups in total. The third-order valence-corrected chi connectivity index (χ3v) is 4.37. The van der Waals surface area contributed by atoms with Crippen molar-refractivity contribution in [1.82, 2.24) is 9.55 Å². The maximum Gasteiger partial charge on any atom is 0.230 e. The zero-order chi connectivity index (χ0) is 18.0. The number of aryl methyl sites for hydroxylation is 1. The molecule has 2 aromatic carbocycles. The Morgan fingerprint density at radius 1 is 1.16 bits per heavy atom. The summed E-state index contributed by atoms with van der Waals surface area (Å²) in [7, 11) is 0. The molecule has 0 saturated carbocycles. The molecule has 25 heavy (non-hydrogen) atoms. The van der Waals surface area contributed by atoms with E-state index < -0.39 is 0 Å². The third kappa shape index (κ3) is 4.31. The third-order valence-electron chi connectivity index (χ3n) is 3.64. The first kappa shape index (κ1) is 17.7. The number of carbonyl (C=O) groups excluding carboxylic acids is 1. The van der Waals surface area contributed by atoms with Crippen molar-refractivity contribution in [1.29, 1.82) is 0 Å². The first-order chi connectivity index (χ1) is 11.9. The second kappa shape index (κ2) is 7.44. The van der Waals surface area contributed by atoms with Gasteiger partial charge in [0, 0.05) is 21.9 Å². The Morgan fingerprint density at radius 3 is 2.44 bits per heavy atom. The standard InChI is InChI=1S/C18H15Cl2N3OS/c1-11-2-4-14(5-3-11)22-17(24)9-16-10-21-18(25)23(16)15-7-12(19)6-13(20)8-15/h2-8,10H,9H2,1H3,(H,21,25)(H,22,24). The van der Waals surface area contributed by atoms with Gasteiger partial charge in [0.15, 0.2) is 4.77 Å². The summed E-state index contributed by atoms with van der Waals surface area (Å²) in [6, 6.07) is 12.8. The van der Waals surface area contributed by atoms with Gasteiger partial charge < -0.3 is 10.3 Å². The lowest BCUT2D eigenvalue weighted by molar-refractivity contribution is -0.115. The Hall–Kier alpha value is -2.08. The van der Waals surface area contributed by atoms with Crippen LogP contribution in [-0.2, 0) is 11.2 Å². The smallest absolute Gasteiger partial charge is 0.230 e. The second-order valence-corrected chi connectivity index (χ2v) is 6.90. The molecule has 1 heterocycles. The molecule has 7 heteroatoms. The first-order valence-electron chi connectivity index (χ1n) is 7.54. The molecule has 3 aromatic rings. The number of aromatic amines is 1. The van der Waals surface area contributed by atoms with Crippen LogP contribution in [0.25, 0.3) is 5.69 Å². The lowest BCUT2D eigenvalue weighted by Gasteiger charge is -2.10. The number of halogens is 2. The molecule has 3 rings (SSSR count). The van der Waals surface area contributed by atoms with Crippen LogP contribution in [0.3, 0.4) is 0 Å². The molecule has 0 fully saturated rings. The molecule has 0 bridgehead atoms. The van der Waals surface area contributed by atoms with Gasteiger partial charge in [-0.15, -0.1) is 0 Å². The SMILES string of the molecule is Cc1ccc(NC(=O)Cc2c[nH]c(=S)n2-c2cc(Cl)cc(Cl)c2)cc1. The van der Waals surface area contributed by atoms with E-state index in [1.54, 1.807) is 29.0 Å². The van der Waals surface area contributed by atoms with Crippen molar-refractivity contribution in [2.45, 2.75) is 13.3 Å². The molecule has 0 spiro atoms. The number of nitrogens with one attached hydrogen (secondary N) is 2. The molecule has 0 aliphatic heterocycles. The highest BCUT2D eigenvalue weighted by atomic mass is 35.5. The van der Waals surface area contributed by atoms with Gasteiger partial charge in [0.25, 0.3) is 0 Å². The Balaban J connectivity index is 1.85. The lowest BCUT2D eigenvalue weighted by Crippen LogP contribution is -2.16. The summed E-state index contributed by atoms with van der Waals surface area (Å²) in [5.41, 5.74) is 3.31. The van der Waals surface area contributed by atoms with Gasteiger partial charge in [-0.3, -0.25) is 9.36 Å². The summed E-state index contributed by atoms with van der Waals surface area (Å²) in [6.45, 7) is 2.00. The maximum absolute atomic E-state index is 12.4. The number of H-pyrrole nitrogens is 1. The summed E-state index contributed by atoms with van der Waals surface area (Å²) in [6.07, 6.45) is 1.87. The second-order valence-electron chi connectivity index (χ2n) is 5.64. The zero-order valence-electron chi connectivity index (χ0n) is 13.3. The average molecular weight is 392 g/mol. The minimum absolute atomic E-state index is 0.139. The number of hydrogen-bond acceptors (Lipinski definition) is 2. The van der Waals surface area contributed by atoms with E-state index in [0.717, 1.165) is 11.3 Å². The van der Waals surface area contributed by atoms with E-state index in [9.17, 15) is 4.79 Å². The number of anilines is 1. The molecule has 0 aliphatic rings. The maximum atomic E-state index is 12.4. The highest BCUT2D eigenvalue weighted by molar-refractivity contribution is 7.71. The number of rotatable bonds is 4. The van der Waals surface area contributed by atoms with Crippen molar-refractivity contribution >= 4 is 47.0 Å². The number of aromatic nitrogens is 2. The highest BCUT2D eigenvalue weighted by Gasteiger charge is 2.12. The Kier molecular flexibility index (Phi) is 5.27. The first-order valence-corrected chi connectivity index (χ1v) is 8.71. The topological polar surface area (TPSA) is 49.8 Å². The van der Waals surface area contributed by atoms with Gasteiger partial charge in [-0.25, -0.2) is 0 Å². The van der Waals surface area contributed by atoms with E-state index in [2.05, 4.69) is 10.3 Å². The Bertz CT molecular complexity index is 956. The average Bonchev–Trinajstić information content (AvgIpc) is 2.89. The fourth-order valence-corrected chi connectivity index (χ4v) is 3.29. The molecule has 0 saturated heterocycles. The van der Waals surface area contributed by atoms with Gasteiger partial charge in [0.05, 0.1) is 17.8 Å². The highest BCUT2D eigenvalue weighted by Crippen LogP contribution is 2.23. The molecular formula is C18H15Cl2N3OS. The number of imidazole rings is 1.